The number of hydrogen-bond donors (Lipinski definition) is 1. The summed E-state index contributed by atoms with van der Waals surface area (Å²) in [5.74, 6) is 1.09. The number of aromatic amines is 1. The summed E-state index contributed by atoms with van der Waals surface area (Å²) in [6.45, 7) is 6.86. The number of rotatable bonds is 3. The van der Waals surface area contributed by atoms with E-state index in [1.165, 1.54) is 24.9 Å². The van der Waals surface area contributed by atoms with E-state index in [0.717, 1.165) is 36.5 Å². The Balaban J connectivity index is 1.43. The molecule has 3 aromatic rings. The Hall–Kier alpha value is -2.40. The standard InChI is InChI=1S/C21H25N5/c1-21-8-11-25(13-16-5-3-2-4-6-16)14-18(21)26(12-9-21)20-17-7-10-22-19(17)23-15-24-20/h2-7,10,15,18H,8-9,11-14H2,1H3,(H,22,23,24)/t18-,21+/m0/s1. The van der Waals surface area contributed by atoms with Crippen LogP contribution in [0.4, 0.5) is 5.82 Å². The molecule has 2 fully saturated rings. The molecule has 5 rings (SSSR count). The van der Waals surface area contributed by atoms with Crippen molar-refractivity contribution in [1.29, 1.82) is 0 Å². The minimum absolute atomic E-state index is 0.376. The Morgan fingerprint density at radius 2 is 1.96 bits per heavy atom. The Kier molecular flexibility index (Phi) is 3.71. The summed E-state index contributed by atoms with van der Waals surface area (Å²) in [7, 11) is 0. The Morgan fingerprint density at radius 3 is 2.85 bits per heavy atom. The van der Waals surface area contributed by atoms with Gasteiger partial charge in [-0.15, -0.1) is 0 Å². The highest BCUT2D eigenvalue weighted by Gasteiger charge is 2.47. The zero-order valence-electron chi connectivity index (χ0n) is 15.2. The summed E-state index contributed by atoms with van der Waals surface area (Å²) >= 11 is 0. The molecule has 2 aliphatic rings. The number of hydrogen-bond acceptors (Lipinski definition) is 4. The molecule has 0 bridgehead atoms. The highest BCUT2D eigenvalue weighted by atomic mass is 15.3. The van der Waals surface area contributed by atoms with Crippen molar-refractivity contribution in [3.63, 3.8) is 0 Å². The normalized spacial score (nSPS) is 26.3. The van der Waals surface area contributed by atoms with Gasteiger partial charge in [-0.05, 0) is 36.4 Å². The maximum absolute atomic E-state index is 4.67. The van der Waals surface area contributed by atoms with Gasteiger partial charge in [0.2, 0.25) is 0 Å². The lowest BCUT2D eigenvalue weighted by atomic mass is 9.76. The van der Waals surface area contributed by atoms with Crippen LogP contribution in [0.25, 0.3) is 11.0 Å². The molecule has 2 aliphatic heterocycles. The molecule has 0 saturated carbocycles. The summed E-state index contributed by atoms with van der Waals surface area (Å²) in [6.07, 6.45) is 6.14. The number of likely N-dealkylation sites (tertiary alicyclic amines) is 1. The molecule has 2 saturated heterocycles. The summed E-state index contributed by atoms with van der Waals surface area (Å²) in [6, 6.07) is 13.4. The summed E-state index contributed by atoms with van der Waals surface area (Å²) in [4.78, 5) is 17.4. The highest BCUT2D eigenvalue weighted by Crippen LogP contribution is 2.45. The van der Waals surface area contributed by atoms with Crippen LogP contribution in [-0.4, -0.2) is 45.5 Å². The monoisotopic (exact) mass is 347 g/mol. The molecule has 1 N–H and O–H groups in total. The van der Waals surface area contributed by atoms with Crippen molar-refractivity contribution in [2.75, 3.05) is 24.5 Å². The number of nitrogens with zero attached hydrogens (tertiary/aromatic N) is 4. The zero-order chi connectivity index (χ0) is 17.6. The molecule has 0 spiro atoms. The summed E-state index contributed by atoms with van der Waals surface area (Å²) in [5, 5.41) is 1.14. The van der Waals surface area contributed by atoms with Gasteiger partial charge in [-0.3, -0.25) is 4.90 Å². The molecule has 5 heteroatoms. The molecule has 5 nitrogen and oxygen atoms in total. The first-order chi connectivity index (χ1) is 12.7. The third kappa shape index (κ3) is 2.58. The molecule has 4 heterocycles. The number of aromatic nitrogens is 3. The van der Waals surface area contributed by atoms with E-state index >= 15 is 0 Å². The van der Waals surface area contributed by atoms with Crippen LogP contribution < -0.4 is 4.90 Å². The summed E-state index contributed by atoms with van der Waals surface area (Å²) < 4.78 is 0. The van der Waals surface area contributed by atoms with Crippen molar-refractivity contribution >= 4 is 16.9 Å². The molecule has 2 atom stereocenters. The van der Waals surface area contributed by atoms with Crippen LogP contribution in [0, 0.1) is 5.41 Å². The predicted octanol–water partition coefficient (Wildman–Crippen LogP) is 3.45. The lowest BCUT2D eigenvalue weighted by Gasteiger charge is -2.44. The number of H-pyrrole nitrogens is 1. The minimum Gasteiger partial charge on any atom is -0.351 e. The van der Waals surface area contributed by atoms with Crippen LogP contribution >= 0.6 is 0 Å². The van der Waals surface area contributed by atoms with Crippen LogP contribution in [0.5, 0.6) is 0 Å². The van der Waals surface area contributed by atoms with Gasteiger partial charge < -0.3 is 9.88 Å². The first-order valence-corrected chi connectivity index (χ1v) is 9.54. The fourth-order valence-electron chi connectivity index (χ4n) is 4.76. The van der Waals surface area contributed by atoms with Gasteiger partial charge in [0.1, 0.15) is 17.8 Å². The SMILES string of the molecule is C[C@]12CCN(Cc3ccccc3)C[C@@H]1N(c1ncnc3[nH]ccc13)CC2. The van der Waals surface area contributed by atoms with Crippen molar-refractivity contribution in [1.82, 2.24) is 19.9 Å². The predicted molar refractivity (Wildman–Crippen MR) is 104 cm³/mol. The second-order valence-corrected chi connectivity index (χ2v) is 8.02. The molecule has 2 aromatic heterocycles. The van der Waals surface area contributed by atoms with Gasteiger partial charge in [-0.1, -0.05) is 37.3 Å². The molecular formula is C21H25N5. The Labute approximate surface area is 154 Å². The third-order valence-corrected chi connectivity index (χ3v) is 6.39. The zero-order valence-corrected chi connectivity index (χ0v) is 15.2. The Morgan fingerprint density at radius 1 is 1.12 bits per heavy atom. The van der Waals surface area contributed by atoms with Crippen LogP contribution in [0.2, 0.25) is 0 Å². The van der Waals surface area contributed by atoms with Crippen LogP contribution in [0.15, 0.2) is 48.9 Å². The smallest absolute Gasteiger partial charge is 0.142 e. The molecular weight excluding hydrogens is 322 g/mol. The van der Waals surface area contributed by atoms with Gasteiger partial charge in [0, 0.05) is 31.9 Å². The lowest BCUT2D eigenvalue weighted by Crippen LogP contribution is -2.52. The van der Waals surface area contributed by atoms with E-state index in [-0.39, 0.29) is 0 Å². The summed E-state index contributed by atoms with van der Waals surface area (Å²) in [5.41, 5.74) is 2.71. The number of piperidine rings is 1. The fourth-order valence-corrected chi connectivity index (χ4v) is 4.76. The van der Waals surface area contributed by atoms with Gasteiger partial charge >= 0.3 is 0 Å². The van der Waals surface area contributed by atoms with Crippen LogP contribution in [0.1, 0.15) is 25.3 Å². The quantitative estimate of drug-likeness (QED) is 0.788. The van der Waals surface area contributed by atoms with E-state index in [1.807, 2.05) is 6.20 Å². The van der Waals surface area contributed by atoms with Crippen molar-refractivity contribution in [3.8, 4) is 0 Å². The molecule has 26 heavy (non-hydrogen) atoms. The average Bonchev–Trinajstić information content (AvgIpc) is 3.27. The number of anilines is 1. The number of nitrogens with one attached hydrogen (secondary N) is 1. The molecule has 0 radical (unpaired) electrons. The molecule has 0 amide bonds. The van der Waals surface area contributed by atoms with Crippen LogP contribution in [0.3, 0.4) is 0 Å². The molecule has 134 valence electrons. The first-order valence-electron chi connectivity index (χ1n) is 9.54. The number of benzene rings is 1. The van der Waals surface area contributed by atoms with Crippen molar-refractivity contribution < 1.29 is 0 Å². The average molecular weight is 347 g/mol. The Bertz CT molecular complexity index is 905. The van der Waals surface area contributed by atoms with Gasteiger partial charge in [0.25, 0.3) is 0 Å². The van der Waals surface area contributed by atoms with Crippen molar-refractivity contribution in [2.24, 2.45) is 5.41 Å². The van der Waals surface area contributed by atoms with E-state index < -0.39 is 0 Å². The van der Waals surface area contributed by atoms with Gasteiger partial charge in [-0.25, -0.2) is 9.97 Å². The van der Waals surface area contributed by atoms with Gasteiger partial charge in [0.05, 0.1) is 5.39 Å². The highest BCUT2D eigenvalue weighted by molar-refractivity contribution is 5.87. The van der Waals surface area contributed by atoms with E-state index in [1.54, 1.807) is 6.33 Å². The van der Waals surface area contributed by atoms with E-state index in [9.17, 15) is 0 Å². The van der Waals surface area contributed by atoms with E-state index in [2.05, 4.69) is 68.1 Å². The maximum Gasteiger partial charge on any atom is 0.142 e. The topological polar surface area (TPSA) is 48.1 Å². The second kappa shape index (κ2) is 6.09. The minimum atomic E-state index is 0.376. The van der Waals surface area contributed by atoms with E-state index in [0.29, 0.717) is 11.5 Å². The molecule has 0 unspecified atom stereocenters. The molecule has 0 aliphatic carbocycles. The largest absolute Gasteiger partial charge is 0.351 e. The van der Waals surface area contributed by atoms with Crippen molar-refractivity contribution in [2.45, 2.75) is 32.4 Å². The third-order valence-electron chi connectivity index (χ3n) is 6.39. The lowest BCUT2D eigenvalue weighted by molar-refractivity contribution is 0.106. The van der Waals surface area contributed by atoms with Gasteiger partial charge in [0.15, 0.2) is 0 Å². The second-order valence-electron chi connectivity index (χ2n) is 8.02. The van der Waals surface area contributed by atoms with Crippen molar-refractivity contribution in [3.05, 3.63) is 54.5 Å². The van der Waals surface area contributed by atoms with Gasteiger partial charge in [-0.2, -0.15) is 0 Å². The fraction of sp³-hybridized carbons (Fsp3) is 0.429. The van der Waals surface area contributed by atoms with E-state index in [4.69, 9.17) is 0 Å². The van der Waals surface area contributed by atoms with Crippen LogP contribution in [-0.2, 0) is 6.54 Å². The number of fused-ring (bicyclic) bond motifs is 2. The molecule has 1 aromatic carbocycles. The first kappa shape index (κ1) is 15.8. The maximum atomic E-state index is 4.67.